The number of carbonyl (C=O) groups excluding carboxylic acids is 1. The molecule has 3 heteroatoms. The number of para-hydroxylation sites is 1. The number of anilines is 1. The first-order chi connectivity index (χ1) is 10.2. The summed E-state index contributed by atoms with van der Waals surface area (Å²) < 4.78 is 13.4. The predicted octanol–water partition coefficient (Wildman–Crippen LogP) is 4.12. The summed E-state index contributed by atoms with van der Waals surface area (Å²) in [5, 5.41) is 0. The number of nitrogens with zero attached hydrogens (tertiary/aromatic N) is 1. The summed E-state index contributed by atoms with van der Waals surface area (Å²) in [4.78, 5) is 14.6. The Hall–Kier alpha value is -2.16. The van der Waals surface area contributed by atoms with Gasteiger partial charge in [-0.05, 0) is 61.6 Å². The van der Waals surface area contributed by atoms with Gasteiger partial charge >= 0.3 is 0 Å². The number of hydrogen-bond donors (Lipinski definition) is 0. The molecule has 0 N–H and O–H groups in total. The van der Waals surface area contributed by atoms with E-state index < -0.39 is 0 Å². The third kappa shape index (κ3) is 2.68. The molecule has 0 saturated heterocycles. The fourth-order valence-corrected chi connectivity index (χ4v) is 2.84. The summed E-state index contributed by atoms with van der Waals surface area (Å²) in [6.45, 7) is 2.40. The highest BCUT2D eigenvalue weighted by molar-refractivity contribution is 6.06. The fraction of sp³-hybridized carbons (Fsp3) is 0.278. The largest absolute Gasteiger partial charge is 0.308 e. The van der Waals surface area contributed by atoms with E-state index in [1.165, 1.54) is 11.6 Å². The zero-order valence-corrected chi connectivity index (χ0v) is 12.1. The van der Waals surface area contributed by atoms with Crippen LogP contribution >= 0.6 is 0 Å². The molecular formula is C18H18FNO. The van der Waals surface area contributed by atoms with E-state index in [9.17, 15) is 9.18 Å². The molecule has 0 fully saturated rings. The van der Waals surface area contributed by atoms with E-state index in [2.05, 4.69) is 6.07 Å². The number of benzene rings is 2. The van der Waals surface area contributed by atoms with Gasteiger partial charge in [0.25, 0.3) is 5.91 Å². The van der Waals surface area contributed by atoms with Crippen LogP contribution in [0.4, 0.5) is 10.1 Å². The molecule has 0 spiro atoms. The van der Waals surface area contributed by atoms with E-state index in [0.717, 1.165) is 24.9 Å². The molecule has 0 bridgehead atoms. The average molecular weight is 283 g/mol. The van der Waals surface area contributed by atoms with Crippen molar-refractivity contribution in [2.75, 3.05) is 11.4 Å². The third-order valence-electron chi connectivity index (χ3n) is 4.01. The Balaban J connectivity index is 1.99. The van der Waals surface area contributed by atoms with Gasteiger partial charge in [-0.3, -0.25) is 4.79 Å². The molecule has 21 heavy (non-hydrogen) atoms. The van der Waals surface area contributed by atoms with E-state index in [1.807, 2.05) is 23.1 Å². The van der Waals surface area contributed by atoms with E-state index in [0.29, 0.717) is 17.7 Å². The number of fused-ring (bicyclic) bond motifs is 1. The van der Waals surface area contributed by atoms with Crippen LogP contribution in [0.1, 0.15) is 34.3 Å². The summed E-state index contributed by atoms with van der Waals surface area (Å²) in [5.74, 6) is -0.324. The molecule has 0 saturated carbocycles. The van der Waals surface area contributed by atoms with Crippen molar-refractivity contribution in [2.45, 2.75) is 26.2 Å². The van der Waals surface area contributed by atoms with Crippen LogP contribution in [-0.2, 0) is 6.42 Å². The summed E-state index contributed by atoms with van der Waals surface area (Å²) in [6.07, 6.45) is 3.08. The fourth-order valence-electron chi connectivity index (χ4n) is 2.84. The van der Waals surface area contributed by atoms with Crippen LogP contribution in [0.25, 0.3) is 0 Å². The van der Waals surface area contributed by atoms with Gasteiger partial charge in [0.2, 0.25) is 0 Å². The van der Waals surface area contributed by atoms with Crippen LogP contribution < -0.4 is 4.90 Å². The molecule has 1 aliphatic rings. The molecule has 0 atom stereocenters. The van der Waals surface area contributed by atoms with Gasteiger partial charge in [-0.2, -0.15) is 0 Å². The van der Waals surface area contributed by atoms with Crippen LogP contribution in [0.2, 0.25) is 0 Å². The Labute approximate surface area is 124 Å². The highest BCUT2D eigenvalue weighted by atomic mass is 19.1. The zero-order chi connectivity index (χ0) is 14.8. The van der Waals surface area contributed by atoms with Crippen LogP contribution in [0.3, 0.4) is 0 Å². The quantitative estimate of drug-likeness (QED) is 0.771. The Bertz CT molecular complexity index is 681. The van der Waals surface area contributed by atoms with E-state index in [-0.39, 0.29) is 11.7 Å². The number of halogens is 1. The summed E-state index contributed by atoms with van der Waals surface area (Å²) in [7, 11) is 0. The van der Waals surface area contributed by atoms with Crippen molar-refractivity contribution >= 4 is 11.6 Å². The molecular weight excluding hydrogens is 265 g/mol. The van der Waals surface area contributed by atoms with Crippen molar-refractivity contribution in [2.24, 2.45) is 0 Å². The molecule has 3 rings (SSSR count). The number of rotatable bonds is 1. The molecule has 0 aromatic heterocycles. The van der Waals surface area contributed by atoms with E-state index in [1.54, 1.807) is 19.1 Å². The van der Waals surface area contributed by atoms with Crippen LogP contribution in [0.5, 0.6) is 0 Å². The van der Waals surface area contributed by atoms with Crippen LogP contribution in [0, 0.1) is 12.7 Å². The van der Waals surface area contributed by atoms with Gasteiger partial charge in [-0.25, -0.2) is 4.39 Å². The van der Waals surface area contributed by atoms with Crippen molar-refractivity contribution in [1.82, 2.24) is 0 Å². The topological polar surface area (TPSA) is 20.3 Å². The van der Waals surface area contributed by atoms with Gasteiger partial charge in [-0.15, -0.1) is 0 Å². The first-order valence-corrected chi connectivity index (χ1v) is 7.33. The predicted molar refractivity (Wildman–Crippen MR) is 82.2 cm³/mol. The lowest BCUT2D eigenvalue weighted by Crippen LogP contribution is -2.31. The summed E-state index contributed by atoms with van der Waals surface area (Å²) in [6, 6.07) is 12.6. The molecule has 0 aliphatic carbocycles. The second-order valence-electron chi connectivity index (χ2n) is 5.51. The number of amides is 1. The maximum absolute atomic E-state index is 13.4. The van der Waals surface area contributed by atoms with Gasteiger partial charge < -0.3 is 4.90 Å². The molecule has 108 valence electrons. The van der Waals surface area contributed by atoms with Crippen molar-refractivity contribution < 1.29 is 9.18 Å². The number of aryl methyl sites for hydroxylation is 2. The number of carbonyl (C=O) groups is 1. The summed E-state index contributed by atoms with van der Waals surface area (Å²) >= 11 is 0. The Kier molecular flexibility index (Phi) is 3.74. The second kappa shape index (κ2) is 5.68. The van der Waals surface area contributed by atoms with Crippen molar-refractivity contribution in [1.29, 1.82) is 0 Å². The lowest BCUT2D eigenvalue weighted by atomic mass is 10.1. The molecule has 1 heterocycles. The van der Waals surface area contributed by atoms with E-state index >= 15 is 0 Å². The highest BCUT2D eigenvalue weighted by Gasteiger charge is 2.22. The SMILES string of the molecule is Cc1cc(C(=O)N2CCCCc3ccccc32)ccc1F. The molecule has 0 unspecified atom stereocenters. The molecule has 2 aromatic carbocycles. The maximum Gasteiger partial charge on any atom is 0.258 e. The lowest BCUT2D eigenvalue weighted by Gasteiger charge is -2.23. The molecule has 0 radical (unpaired) electrons. The Morgan fingerprint density at radius 2 is 1.95 bits per heavy atom. The Morgan fingerprint density at radius 3 is 2.76 bits per heavy atom. The molecule has 1 aliphatic heterocycles. The summed E-state index contributed by atoms with van der Waals surface area (Å²) in [5.41, 5.74) is 3.25. The highest BCUT2D eigenvalue weighted by Crippen LogP contribution is 2.27. The lowest BCUT2D eigenvalue weighted by molar-refractivity contribution is 0.0987. The van der Waals surface area contributed by atoms with Gasteiger partial charge in [0, 0.05) is 17.8 Å². The molecule has 1 amide bonds. The monoisotopic (exact) mass is 283 g/mol. The molecule has 2 nitrogen and oxygen atoms in total. The third-order valence-corrected chi connectivity index (χ3v) is 4.01. The minimum Gasteiger partial charge on any atom is -0.308 e. The van der Waals surface area contributed by atoms with Gasteiger partial charge in [0.1, 0.15) is 5.82 Å². The van der Waals surface area contributed by atoms with Crippen molar-refractivity contribution in [3.8, 4) is 0 Å². The van der Waals surface area contributed by atoms with Crippen LogP contribution in [-0.4, -0.2) is 12.5 Å². The maximum atomic E-state index is 13.4. The number of hydrogen-bond acceptors (Lipinski definition) is 1. The van der Waals surface area contributed by atoms with Gasteiger partial charge in [0.15, 0.2) is 0 Å². The standard InChI is InChI=1S/C18H18FNO/c1-13-12-15(9-10-16(13)19)18(21)20-11-5-4-7-14-6-2-3-8-17(14)20/h2-3,6,8-10,12H,4-5,7,11H2,1H3. The first-order valence-electron chi connectivity index (χ1n) is 7.33. The normalized spacial score (nSPS) is 14.5. The minimum atomic E-state index is -0.275. The van der Waals surface area contributed by atoms with Gasteiger partial charge in [-0.1, -0.05) is 18.2 Å². The van der Waals surface area contributed by atoms with Crippen molar-refractivity contribution in [3.05, 3.63) is 65.0 Å². The zero-order valence-electron chi connectivity index (χ0n) is 12.1. The van der Waals surface area contributed by atoms with Crippen LogP contribution in [0.15, 0.2) is 42.5 Å². The molecule has 2 aromatic rings. The van der Waals surface area contributed by atoms with E-state index in [4.69, 9.17) is 0 Å². The van der Waals surface area contributed by atoms with Gasteiger partial charge in [0.05, 0.1) is 0 Å². The average Bonchev–Trinajstić information content (AvgIpc) is 2.71. The Morgan fingerprint density at radius 1 is 1.14 bits per heavy atom. The smallest absolute Gasteiger partial charge is 0.258 e. The minimum absolute atomic E-state index is 0.0487. The first kappa shape index (κ1) is 13.8. The second-order valence-corrected chi connectivity index (χ2v) is 5.51. The van der Waals surface area contributed by atoms with Crippen molar-refractivity contribution in [3.63, 3.8) is 0 Å².